The smallest absolute Gasteiger partial charge is 0.315 e. The minimum absolute atomic E-state index is 0.121. The summed E-state index contributed by atoms with van der Waals surface area (Å²) in [6.07, 6.45) is 0.480. The number of carboxylic acids is 1. The van der Waals surface area contributed by atoms with Gasteiger partial charge in [0.1, 0.15) is 5.41 Å². The summed E-state index contributed by atoms with van der Waals surface area (Å²) in [5.41, 5.74) is -0.507. The molecule has 3 nitrogen and oxygen atoms in total. The van der Waals surface area contributed by atoms with Crippen molar-refractivity contribution in [3.05, 3.63) is 29.6 Å². The van der Waals surface area contributed by atoms with Gasteiger partial charge in [-0.15, -0.1) is 0 Å². The van der Waals surface area contributed by atoms with Gasteiger partial charge in [-0.05, 0) is 24.1 Å². The first kappa shape index (κ1) is 11.4. The fourth-order valence-electron chi connectivity index (χ4n) is 1.81. The summed E-state index contributed by atoms with van der Waals surface area (Å²) in [5.74, 6) is -1.35. The third kappa shape index (κ3) is 1.50. The van der Waals surface area contributed by atoms with Crippen LogP contribution >= 0.6 is 15.9 Å². The highest BCUT2D eigenvalue weighted by Gasteiger charge is 2.60. The fourth-order valence-corrected chi connectivity index (χ4v) is 2.78. The van der Waals surface area contributed by atoms with Gasteiger partial charge in [0.2, 0.25) is 0 Å². The molecule has 0 aliphatic heterocycles. The first-order valence-corrected chi connectivity index (χ1v) is 5.65. The second-order valence-corrected chi connectivity index (χ2v) is 4.90. The van der Waals surface area contributed by atoms with Crippen molar-refractivity contribution in [2.24, 2.45) is 0 Å². The van der Waals surface area contributed by atoms with Crippen molar-refractivity contribution in [1.82, 2.24) is 0 Å². The van der Waals surface area contributed by atoms with Gasteiger partial charge in [0, 0.05) is 4.83 Å². The summed E-state index contributed by atoms with van der Waals surface area (Å²) in [6.45, 7) is 0. The third-order valence-corrected chi connectivity index (χ3v) is 4.03. The summed E-state index contributed by atoms with van der Waals surface area (Å²) >= 11 is 3.27. The Labute approximate surface area is 100 Å². The minimum Gasteiger partial charge on any atom is -0.494 e. The summed E-state index contributed by atoms with van der Waals surface area (Å²) in [5, 5.41) is 9.16. The number of aliphatic carboxylic acids is 1. The average Bonchev–Trinajstić information content (AvgIpc) is 2.91. The number of halogens is 2. The van der Waals surface area contributed by atoms with Gasteiger partial charge in [-0.2, -0.15) is 0 Å². The van der Waals surface area contributed by atoms with E-state index in [0.717, 1.165) is 0 Å². The highest BCUT2D eigenvalue weighted by molar-refractivity contribution is 9.09. The van der Waals surface area contributed by atoms with Crippen molar-refractivity contribution >= 4 is 21.9 Å². The van der Waals surface area contributed by atoms with Crippen LogP contribution in [0.4, 0.5) is 4.39 Å². The van der Waals surface area contributed by atoms with Gasteiger partial charge < -0.3 is 9.84 Å². The molecule has 0 spiro atoms. The maximum Gasteiger partial charge on any atom is 0.315 e. The van der Waals surface area contributed by atoms with Crippen LogP contribution in [0.2, 0.25) is 0 Å². The van der Waals surface area contributed by atoms with E-state index >= 15 is 0 Å². The quantitative estimate of drug-likeness (QED) is 0.869. The molecule has 16 heavy (non-hydrogen) atoms. The van der Waals surface area contributed by atoms with Crippen LogP contribution in [0.1, 0.15) is 12.0 Å². The van der Waals surface area contributed by atoms with Crippen molar-refractivity contribution in [3.63, 3.8) is 0 Å². The molecule has 0 heterocycles. The van der Waals surface area contributed by atoms with E-state index in [-0.39, 0.29) is 10.6 Å². The molecule has 5 heteroatoms. The Kier molecular flexibility index (Phi) is 2.66. The minimum atomic E-state index is -0.979. The molecule has 0 amide bonds. The lowest BCUT2D eigenvalue weighted by Crippen LogP contribution is -2.22. The van der Waals surface area contributed by atoms with Gasteiger partial charge in [0.05, 0.1) is 7.11 Å². The largest absolute Gasteiger partial charge is 0.494 e. The predicted molar refractivity (Wildman–Crippen MR) is 59.6 cm³/mol. The summed E-state index contributed by atoms with van der Waals surface area (Å²) in [4.78, 5) is 11.0. The summed E-state index contributed by atoms with van der Waals surface area (Å²) in [7, 11) is 1.37. The Balaban J connectivity index is 2.42. The van der Waals surface area contributed by atoms with Gasteiger partial charge in [0.25, 0.3) is 0 Å². The van der Waals surface area contributed by atoms with E-state index in [9.17, 15) is 9.18 Å². The topological polar surface area (TPSA) is 46.5 Å². The highest BCUT2D eigenvalue weighted by Crippen LogP contribution is 2.53. The molecule has 2 rings (SSSR count). The molecule has 2 unspecified atom stereocenters. The maximum atomic E-state index is 13.5. The first-order valence-electron chi connectivity index (χ1n) is 4.74. The number of alkyl halides is 1. The zero-order valence-corrected chi connectivity index (χ0v) is 10.1. The first-order chi connectivity index (χ1) is 7.52. The number of hydrogen-bond donors (Lipinski definition) is 1. The lowest BCUT2D eigenvalue weighted by atomic mass is 9.96. The Morgan fingerprint density at radius 1 is 1.69 bits per heavy atom. The third-order valence-electron chi connectivity index (χ3n) is 2.92. The van der Waals surface area contributed by atoms with Crippen LogP contribution in [0.5, 0.6) is 5.75 Å². The highest BCUT2D eigenvalue weighted by atomic mass is 79.9. The van der Waals surface area contributed by atoms with Crippen molar-refractivity contribution in [2.45, 2.75) is 16.7 Å². The number of carbonyl (C=O) groups is 1. The standard InChI is InChI=1S/C11H10BrFO3/c1-16-8-3-2-6(4-7(8)13)11(10(14)15)5-9(11)12/h2-4,9H,5H2,1H3,(H,14,15). The van der Waals surface area contributed by atoms with E-state index in [1.165, 1.54) is 19.2 Å². The van der Waals surface area contributed by atoms with Crippen LogP contribution in [0, 0.1) is 5.82 Å². The SMILES string of the molecule is COc1ccc(C2(C(=O)O)CC2Br)cc1F. The zero-order valence-electron chi connectivity index (χ0n) is 8.54. The van der Waals surface area contributed by atoms with Crippen molar-refractivity contribution < 1.29 is 19.0 Å². The molecule has 0 bridgehead atoms. The van der Waals surface area contributed by atoms with Crippen molar-refractivity contribution in [2.75, 3.05) is 7.11 Å². The number of rotatable bonds is 3. The maximum absolute atomic E-state index is 13.5. The van der Waals surface area contributed by atoms with E-state index in [1.54, 1.807) is 6.07 Å². The molecule has 1 fully saturated rings. The second kappa shape index (κ2) is 3.73. The van der Waals surface area contributed by atoms with Gasteiger partial charge in [-0.3, -0.25) is 4.79 Å². The zero-order chi connectivity index (χ0) is 11.9. The molecular formula is C11H10BrFO3. The summed E-state index contributed by atoms with van der Waals surface area (Å²) < 4.78 is 18.3. The molecule has 1 N–H and O–H groups in total. The lowest BCUT2D eigenvalue weighted by molar-refractivity contribution is -0.139. The molecule has 0 saturated heterocycles. The fraction of sp³-hybridized carbons (Fsp3) is 0.364. The molecule has 0 radical (unpaired) electrons. The van der Waals surface area contributed by atoms with Gasteiger partial charge >= 0.3 is 5.97 Å². The van der Waals surface area contributed by atoms with Gasteiger partial charge in [0.15, 0.2) is 11.6 Å². The normalized spacial score (nSPS) is 27.6. The molecule has 1 aliphatic rings. The Bertz CT molecular complexity index is 449. The van der Waals surface area contributed by atoms with E-state index in [0.29, 0.717) is 12.0 Å². The van der Waals surface area contributed by atoms with Gasteiger partial charge in [-0.1, -0.05) is 22.0 Å². The number of ether oxygens (including phenoxy) is 1. The van der Waals surface area contributed by atoms with E-state index in [4.69, 9.17) is 9.84 Å². The Morgan fingerprint density at radius 3 is 2.69 bits per heavy atom. The molecule has 2 atom stereocenters. The van der Waals surface area contributed by atoms with Crippen LogP contribution < -0.4 is 4.74 Å². The lowest BCUT2D eigenvalue weighted by Gasteiger charge is -2.12. The van der Waals surface area contributed by atoms with E-state index in [2.05, 4.69) is 15.9 Å². The molecule has 1 saturated carbocycles. The van der Waals surface area contributed by atoms with Crippen LogP contribution in [0.15, 0.2) is 18.2 Å². The number of hydrogen-bond acceptors (Lipinski definition) is 2. The molecule has 86 valence electrons. The molecular weight excluding hydrogens is 279 g/mol. The van der Waals surface area contributed by atoms with E-state index in [1.807, 2.05) is 0 Å². The Morgan fingerprint density at radius 2 is 2.31 bits per heavy atom. The molecule has 1 aromatic carbocycles. The van der Waals surface area contributed by atoms with Gasteiger partial charge in [-0.25, -0.2) is 4.39 Å². The summed E-state index contributed by atoms with van der Waals surface area (Å²) in [6, 6.07) is 4.28. The Hall–Kier alpha value is -1.10. The number of methoxy groups -OCH3 is 1. The van der Waals surface area contributed by atoms with E-state index < -0.39 is 17.2 Å². The van der Waals surface area contributed by atoms with Crippen molar-refractivity contribution in [1.29, 1.82) is 0 Å². The average molecular weight is 289 g/mol. The van der Waals surface area contributed by atoms with Crippen LogP contribution in [-0.4, -0.2) is 23.0 Å². The predicted octanol–water partition coefficient (Wildman–Crippen LogP) is 2.32. The number of carboxylic acid groups (broad SMARTS) is 1. The van der Waals surface area contributed by atoms with Crippen LogP contribution in [0.25, 0.3) is 0 Å². The molecule has 1 aromatic rings. The second-order valence-electron chi connectivity index (χ2n) is 3.80. The number of benzene rings is 1. The molecule has 1 aliphatic carbocycles. The van der Waals surface area contributed by atoms with Crippen LogP contribution in [-0.2, 0) is 10.2 Å². The van der Waals surface area contributed by atoms with Crippen LogP contribution in [0.3, 0.4) is 0 Å². The monoisotopic (exact) mass is 288 g/mol. The molecule has 0 aromatic heterocycles. The van der Waals surface area contributed by atoms with Crippen molar-refractivity contribution in [3.8, 4) is 5.75 Å².